The predicted molar refractivity (Wildman–Crippen MR) is 72.6 cm³/mol. The van der Waals surface area contributed by atoms with Gasteiger partial charge in [0, 0.05) is 18.8 Å². The standard InChI is InChI=1S/C15H26O4/c1-3-4-5-6-13-12(7-8-14(13)17)9-15(18)19-10-11(2)16/h11-13,16H,3-10H2,1-2H3. The first kappa shape index (κ1) is 16.2. The Morgan fingerprint density at radius 1 is 1.47 bits per heavy atom. The van der Waals surface area contributed by atoms with Gasteiger partial charge in [0.15, 0.2) is 0 Å². The van der Waals surface area contributed by atoms with E-state index in [-0.39, 0.29) is 24.4 Å². The Balaban J connectivity index is 2.37. The number of esters is 1. The molecule has 0 heterocycles. The highest BCUT2D eigenvalue weighted by Crippen LogP contribution is 2.35. The van der Waals surface area contributed by atoms with E-state index in [9.17, 15) is 9.59 Å². The van der Waals surface area contributed by atoms with Crippen molar-refractivity contribution < 1.29 is 19.4 Å². The van der Waals surface area contributed by atoms with Crippen molar-refractivity contribution in [3.8, 4) is 0 Å². The molecule has 0 spiro atoms. The minimum atomic E-state index is -0.630. The average molecular weight is 270 g/mol. The molecule has 1 N–H and O–H groups in total. The molecule has 3 unspecified atom stereocenters. The van der Waals surface area contributed by atoms with Crippen LogP contribution in [0, 0.1) is 11.8 Å². The number of carbonyl (C=O) groups is 2. The summed E-state index contributed by atoms with van der Waals surface area (Å²) < 4.78 is 4.97. The Bertz CT molecular complexity index is 299. The van der Waals surface area contributed by atoms with E-state index in [0.29, 0.717) is 18.6 Å². The molecule has 1 aliphatic rings. The van der Waals surface area contributed by atoms with Crippen molar-refractivity contribution in [3.63, 3.8) is 0 Å². The molecule has 0 amide bonds. The van der Waals surface area contributed by atoms with Crippen LogP contribution >= 0.6 is 0 Å². The molecular weight excluding hydrogens is 244 g/mol. The maximum atomic E-state index is 11.8. The quantitative estimate of drug-likeness (QED) is 0.543. The highest BCUT2D eigenvalue weighted by Gasteiger charge is 2.35. The summed E-state index contributed by atoms with van der Waals surface area (Å²) in [6, 6.07) is 0. The SMILES string of the molecule is CCCCCC1C(=O)CCC1CC(=O)OCC(C)O. The summed E-state index contributed by atoms with van der Waals surface area (Å²) in [7, 11) is 0. The van der Waals surface area contributed by atoms with Crippen LogP contribution in [-0.2, 0) is 14.3 Å². The summed E-state index contributed by atoms with van der Waals surface area (Å²) >= 11 is 0. The van der Waals surface area contributed by atoms with Crippen LogP contribution in [-0.4, -0.2) is 29.6 Å². The van der Waals surface area contributed by atoms with E-state index in [2.05, 4.69) is 6.92 Å². The number of hydrogen-bond acceptors (Lipinski definition) is 4. The highest BCUT2D eigenvalue weighted by atomic mass is 16.5. The van der Waals surface area contributed by atoms with Gasteiger partial charge in [-0.1, -0.05) is 26.2 Å². The van der Waals surface area contributed by atoms with Crippen molar-refractivity contribution in [2.75, 3.05) is 6.61 Å². The van der Waals surface area contributed by atoms with Crippen LogP contribution in [0.15, 0.2) is 0 Å². The van der Waals surface area contributed by atoms with Gasteiger partial charge in [-0.2, -0.15) is 0 Å². The molecule has 3 atom stereocenters. The summed E-state index contributed by atoms with van der Waals surface area (Å²) in [5.41, 5.74) is 0. The predicted octanol–water partition coefficient (Wildman–Crippen LogP) is 2.48. The molecule has 4 heteroatoms. The number of aliphatic hydroxyl groups excluding tert-OH is 1. The first-order valence-corrected chi connectivity index (χ1v) is 7.41. The van der Waals surface area contributed by atoms with Crippen LogP contribution in [0.5, 0.6) is 0 Å². The van der Waals surface area contributed by atoms with Crippen molar-refractivity contribution >= 4 is 11.8 Å². The lowest BCUT2D eigenvalue weighted by Gasteiger charge is -2.17. The Kier molecular flexibility index (Phi) is 7.06. The lowest BCUT2D eigenvalue weighted by atomic mass is 9.88. The molecule has 1 fully saturated rings. The van der Waals surface area contributed by atoms with E-state index in [1.807, 2.05) is 0 Å². The first-order chi connectivity index (χ1) is 9.04. The van der Waals surface area contributed by atoms with Crippen LogP contribution in [0.4, 0.5) is 0 Å². The van der Waals surface area contributed by atoms with Gasteiger partial charge in [-0.15, -0.1) is 0 Å². The Hall–Kier alpha value is -0.900. The van der Waals surface area contributed by atoms with E-state index in [1.165, 1.54) is 0 Å². The fourth-order valence-corrected chi connectivity index (χ4v) is 2.72. The van der Waals surface area contributed by atoms with Gasteiger partial charge in [0.2, 0.25) is 0 Å². The number of hydrogen-bond donors (Lipinski definition) is 1. The molecule has 0 aromatic heterocycles. The van der Waals surface area contributed by atoms with Gasteiger partial charge < -0.3 is 9.84 Å². The largest absolute Gasteiger partial charge is 0.463 e. The fraction of sp³-hybridized carbons (Fsp3) is 0.867. The summed E-state index contributed by atoms with van der Waals surface area (Å²) in [5.74, 6) is 0.210. The second kappa shape index (κ2) is 8.31. The number of unbranched alkanes of at least 4 members (excludes halogenated alkanes) is 2. The van der Waals surface area contributed by atoms with Crippen molar-refractivity contribution in [2.24, 2.45) is 11.8 Å². The molecule has 0 bridgehead atoms. The van der Waals surface area contributed by atoms with Gasteiger partial charge in [-0.3, -0.25) is 9.59 Å². The second-order valence-electron chi connectivity index (χ2n) is 5.60. The van der Waals surface area contributed by atoms with Crippen LogP contribution in [0.3, 0.4) is 0 Å². The zero-order chi connectivity index (χ0) is 14.3. The summed E-state index contributed by atoms with van der Waals surface area (Å²) in [5, 5.41) is 9.07. The van der Waals surface area contributed by atoms with E-state index < -0.39 is 6.10 Å². The van der Waals surface area contributed by atoms with Gasteiger partial charge in [-0.05, 0) is 25.7 Å². The Morgan fingerprint density at radius 3 is 2.84 bits per heavy atom. The van der Waals surface area contributed by atoms with Crippen LogP contribution < -0.4 is 0 Å². The lowest BCUT2D eigenvalue weighted by molar-refractivity contribution is -0.147. The fourth-order valence-electron chi connectivity index (χ4n) is 2.72. The maximum absolute atomic E-state index is 11.8. The smallest absolute Gasteiger partial charge is 0.306 e. The molecule has 0 aromatic rings. The van der Waals surface area contributed by atoms with E-state index in [4.69, 9.17) is 9.84 Å². The average Bonchev–Trinajstić information content (AvgIpc) is 2.69. The van der Waals surface area contributed by atoms with Gasteiger partial charge in [0.05, 0.1) is 6.10 Å². The normalized spacial score (nSPS) is 24.5. The Morgan fingerprint density at radius 2 is 2.21 bits per heavy atom. The number of carbonyl (C=O) groups excluding carboxylic acids is 2. The zero-order valence-corrected chi connectivity index (χ0v) is 12.1. The highest BCUT2D eigenvalue weighted by molar-refractivity contribution is 5.84. The van der Waals surface area contributed by atoms with Crippen LogP contribution in [0.25, 0.3) is 0 Å². The van der Waals surface area contributed by atoms with Crippen molar-refractivity contribution in [3.05, 3.63) is 0 Å². The molecule has 1 aliphatic carbocycles. The zero-order valence-electron chi connectivity index (χ0n) is 12.1. The van der Waals surface area contributed by atoms with Crippen molar-refractivity contribution in [1.82, 2.24) is 0 Å². The monoisotopic (exact) mass is 270 g/mol. The molecule has 110 valence electrons. The maximum Gasteiger partial charge on any atom is 0.306 e. The van der Waals surface area contributed by atoms with Crippen molar-refractivity contribution in [1.29, 1.82) is 0 Å². The number of rotatable bonds is 8. The Labute approximate surface area is 115 Å². The molecular formula is C15H26O4. The van der Waals surface area contributed by atoms with Gasteiger partial charge in [-0.25, -0.2) is 0 Å². The molecule has 1 saturated carbocycles. The first-order valence-electron chi connectivity index (χ1n) is 7.41. The number of ketones is 1. The summed E-state index contributed by atoms with van der Waals surface area (Å²) in [6.07, 6.45) is 5.34. The van der Waals surface area contributed by atoms with E-state index in [1.54, 1.807) is 6.92 Å². The van der Waals surface area contributed by atoms with Gasteiger partial charge in [0.1, 0.15) is 12.4 Å². The number of ether oxygens (including phenoxy) is 1. The summed E-state index contributed by atoms with van der Waals surface area (Å²) in [6.45, 7) is 3.77. The van der Waals surface area contributed by atoms with Crippen molar-refractivity contribution in [2.45, 2.75) is 64.9 Å². The number of Topliss-reactive ketones (excluding diaryl/α,β-unsaturated/α-hetero) is 1. The number of aliphatic hydroxyl groups is 1. The molecule has 0 saturated heterocycles. The minimum absolute atomic E-state index is 0.0417. The third-order valence-electron chi connectivity index (χ3n) is 3.78. The lowest BCUT2D eigenvalue weighted by Crippen LogP contribution is -2.21. The van der Waals surface area contributed by atoms with Gasteiger partial charge >= 0.3 is 5.97 Å². The topological polar surface area (TPSA) is 63.6 Å². The second-order valence-corrected chi connectivity index (χ2v) is 5.60. The van der Waals surface area contributed by atoms with E-state index in [0.717, 1.165) is 32.1 Å². The van der Waals surface area contributed by atoms with Crippen LogP contribution in [0.1, 0.15) is 58.8 Å². The van der Waals surface area contributed by atoms with Crippen LogP contribution in [0.2, 0.25) is 0 Å². The third-order valence-corrected chi connectivity index (χ3v) is 3.78. The minimum Gasteiger partial charge on any atom is -0.463 e. The van der Waals surface area contributed by atoms with Gasteiger partial charge in [0.25, 0.3) is 0 Å². The molecule has 0 aliphatic heterocycles. The third kappa shape index (κ3) is 5.72. The molecule has 4 nitrogen and oxygen atoms in total. The molecule has 19 heavy (non-hydrogen) atoms. The molecule has 1 rings (SSSR count). The molecule has 0 aromatic carbocycles. The van der Waals surface area contributed by atoms with E-state index >= 15 is 0 Å². The summed E-state index contributed by atoms with van der Waals surface area (Å²) in [4.78, 5) is 23.5. The molecule has 0 radical (unpaired) electrons.